The third-order valence-electron chi connectivity index (χ3n) is 3.66. The van der Waals surface area contributed by atoms with E-state index in [1.165, 1.54) is 0 Å². The summed E-state index contributed by atoms with van der Waals surface area (Å²) in [6, 6.07) is 15.1. The van der Waals surface area contributed by atoms with Crippen molar-refractivity contribution in [3.63, 3.8) is 0 Å². The normalized spacial score (nSPS) is 10.5. The zero-order valence-electron chi connectivity index (χ0n) is 13.1. The number of rotatable bonds is 5. The quantitative estimate of drug-likeness (QED) is 0.761. The number of ether oxygens (including phenoxy) is 2. The third kappa shape index (κ3) is 3.29. The topological polar surface area (TPSA) is 63.4 Å². The minimum atomic E-state index is -0.150. The van der Waals surface area contributed by atoms with Gasteiger partial charge in [0.05, 0.1) is 14.2 Å². The summed E-state index contributed by atoms with van der Waals surface area (Å²) in [5.74, 6) is 1.38. The van der Waals surface area contributed by atoms with Gasteiger partial charge in [-0.2, -0.15) is 0 Å². The first-order valence-corrected chi connectivity index (χ1v) is 7.27. The first kappa shape index (κ1) is 15.0. The molecule has 5 heteroatoms. The van der Waals surface area contributed by atoms with Crippen molar-refractivity contribution >= 4 is 16.8 Å². The second kappa shape index (κ2) is 6.44. The van der Waals surface area contributed by atoms with E-state index < -0.39 is 0 Å². The molecule has 1 amide bonds. The zero-order chi connectivity index (χ0) is 16.2. The summed E-state index contributed by atoms with van der Waals surface area (Å²) in [6.07, 6.45) is 0. The largest absolute Gasteiger partial charge is 0.497 e. The Morgan fingerprint density at radius 3 is 2.61 bits per heavy atom. The van der Waals surface area contributed by atoms with Gasteiger partial charge in [-0.15, -0.1) is 0 Å². The van der Waals surface area contributed by atoms with Gasteiger partial charge in [-0.1, -0.05) is 12.1 Å². The van der Waals surface area contributed by atoms with Crippen LogP contribution >= 0.6 is 0 Å². The van der Waals surface area contributed by atoms with Crippen LogP contribution in [-0.2, 0) is 6.54 Å². The predicted octanol–water partition coefficient (Wildman–Crippen LogP) is 3.12. The second-order valence-corrected chi connectivity index (χ2v) is 5.17. The molecule has 1 aromatic heterocycles. The smallest absolute Gasteiger partial charge is 0.267 e. The number of hydrogen-bond acceptors (Lipinski definition) is 3. The van der Waals surface area contributed by atoms with E-state index in [9.17, 15) is 4.79 Å². The number of nitrogens with one attached hydrogen (secondary N) is 2. The summed E-state index contributed by atoms with van der Waals surface area (Å²) in [4.78, 5) is 15.4. The minimum absolute atomic E-state index is 0.150. The van der Waals surface area contributed by atoms with E-state index in [1.807, 2.05) is 48.5 Å². The van der Waals surface area contributed by atoms with Crippen LogP contribution in [0.15, 0.2) is 48.5 Å². The highest BCUT2D eigenvalue weighted by atomic mass is 16.5. The molecule has 0 aliphatic heterocycles. The highest BCUT2D eigenvalue weighted by Gasteiger charge is 2.10. The number of aromatic nitrogens is 1. The van der Waals surface area contributed by atoms with E-state index in [1.54, 1.807) is 14.2 Å². The minimum Gasteiger partial charge on any atom is -0.497 e. The third-order valence-corrected chi connectivity index (χ3v) is 3.66. The monoisotopic (exact) mass is 310 g/mol. The van der Waals surface area contributed by atoms with Gasteiger partial charge in [0.2, 0.25) is 0 Å². The van der Waals surface area contributed by atoms with E-state index in [2.05, 4.69) is 10.3 Å². The maximum atomic E-state index is 12.3. The van der Waals surface area contributed by atoms with Crippen molar-refractivity contribution in [2.24, 2.45) is 0 Å². The van der Waals surface area contributed by atoms with Crippen molar-refractivity contribution in [1.29, 1.82) is 0 Å². The van der Waals surface area contributed by atoms with Crippen LogP contribution in [-0.4, -0.2) is 25.1 Å². The van der Waals surface area contributed by atoms with E-state index in [4.69, 9.17) is 9.47 Å². The molecule has 0 unspecified atom stereocenters. The highest BCUT2D eigenvalue weighted by molar-refractivity contribution is 5.98. The van der Waals surface area contributed by atoms with E-state index in [0.717, 1.165) is 28.0 Å². The summed E-state index contributed by atoms with van der Waals surface area (Å²) in [5, 5.41) is 3.87. The average Bonchev–Trinajstić information content (AvgIpc) is 3.03. The summed E-state index contributed by atoms with van der Waals surface area (Å²) in [7, 11) is 3.24. The van der Waals surface area contributed by atoms with Crippen LogP contribution < -0.4 is 14.8 Å². The number of hydrogen-bond donors (Lipinski definition) is 2. The molecular formula is C18H18N2O3. The Hall–Kier alpha value is -2.95. The average molecular weight is 310 g/mol. The van der Waals surface area contributed by atoms with Crippen molar-refractivity contribution in [1.82, 2.24) is 10.3 Å². The second-order valence-electron chi connectivity index (χ2n) is 5.17. The molecule has 0 fully saturated rings. The fourth-order valence-corrected chi connectivity index (χ4v) is 2.42. The van der Waals surface area contributed by atoms with Crippen molar-refractivity contribution in [3.05, 3.63) is 59.8 Å². The molecule has 0 atom stereocenters. The van der Waals surface area contributed by atoms with Gasteiger partial charge < -0.3 is 19.8 Å². The lowest BCUT2D eigenvalue weighted by Crippen LogP contribution is -2.23. The molecule has 118 valence electrons. The fourth-order valence-electron chi connectivity index (χ4n) is 2.42. The molecule has 0 saturated carbocycles. The molecule has 0 bridgehead atoms. The van der Waals surface area contributed by atoms with Crippen molar-refractivity contribution in [2.75, 3.05) is 14.2 Å². The van der Waals surface area contributed by atoms with Gasteiger partial charge in [-0.3, -0.25) is 4.79 Å². The molecule has 0 aliphatic rings. The van der Waals surface area contributed by atoms with Crippen LogP contribution in [0.25, 0.3) is 10.9 Å². The lowest BCUT2D eigenvalue weighted by molar-refractivity contribution is 0.0946. The maximum Gasteiger partial charge on any atom is 0.267 e. The van der Waals surface area contributed by atoms with Crippen LogP contribution in [0.3, 0.4) is 0 Å². The molecule has 0 radical (unpaired) electrons. The molecule has 23 heavy (non-hydrogen) atoms. The van der Waals surface area contributed by atoms with Gasteiger partial charge in [0.25, 0.3) is 5.91 Å². The Morgan fingerprint density at radius 2 is 1.83 bits per heavy atom. The predicted molar refractivity (Wildman–Crippen MR) is 89.0 cm³/mol. The lowest BCUT2D eigenvalue weighted by atomic mass is 10.2. The molecule has 0 saturated heterocycles. The highest BCUT2D eigenvalue weighted by Crippen LogP contribution is 2.21. The van der Waals surface area contributed by atoms with Crippen molar-refractivity contribution < 1.29 is 14.3 Å². The maximum absolute atomic E-state index is 12.3. The molecule has 2 aromatic carbocycles. The molecule has 1 heterocycles. The Balaban J connectivity index is 1.72. The Morgan fingerprint density at radius 1 is 1.04 bits per heavy atom. The lowest BCUT2D eigenvalue weighted by Gasteiger charge is -2.06. The zero-order valence-corrected chi connectivity index (χ0v) is 13.1. The van der Waals surface area contributed by atoms with Gasteiger partial charge in [-0.05, 0) is 35.9 Å². The van der Waals surface area contributed by atoms with E-state index in [-0.39, 0.29) is 5.91 Å². The van der Waals surface area contributed by atoms with Crippen LogP contribution in [0.1, 0.15) is 16.1 Å². The first-order valence-electron chi connectivity index (χ1n) is 7.27. The molecular weight excluding hydrogens is 292 g/mol. The molecule has 2 N–H and O–H groups in total. The van der Waals surface area contributed by atoms with Gasteiger partial charge in [-0.25, -0.2) is 0 Å². The Kier molecular flexibility index (Phi) is 4.19. The summed E-state index contributed by atoms with van der Waals surface area (Å²) in [5.41, 5.74) is 2.38. The van der Waals surface area contributed by atoms with Crippen LogP contribution in [0.5, 0.6) is 11.5 Å². The number of methoxy groups -OCH3 is 2. The SMILES string of the molecule is COc1cccc(CNC(=O)c2cc3ccc(OC)cc3[nH]2)c1. The Bertz CT molecular complexity index is 839. The molecule has 5 nitrogen and oxygen atoms in total. The number of aromatic amines is 1. The van der Waals surface area contributed by atoms with Gasteiger partial charge in [0.15, 0.2) is 0 Å². The number of fused-ring (bicyclic) bond motifs is 1. The van der Waals surface area contributed by atoms with E-state index >= 15 is 0 Å². The first-order chi connectivity index (χ1) is 11.2. The standard InChI is InChI=1S/C18H18N2O3/c1-22-14-5-3-4-12(8-14)11-19-18(21)17-9-13-6-7-15(23-2)10-16(13)20-17/h3-10,20H,11H2,1-2H3,(H,19,21). The Labute approximate surface area is 134 Å². The molecule has 0 spiro atoms. The molecule has 3 aromatic rings. The number of carbonyl (C=O) groups excluding carboxylic acids is 1. The number of H-pyrrole nitrogens is 1. The number of benzene rings is 2. The van der Waals surface area contributed by atoms with Crippen LogP contribution in [0, 0.1) is 0 Å². The summed E-state index contributed by atoms with van der Waals surface area (Å²) >= 11 is 0. The summed E-state index contributed by atoms with van der Waals surface area (Å²) < 4.78 is 10.4. The van der Waals surface area contributed by atoms with Crippen molar-refractivity contribution in [3.8, 4) is 11.5 Å². The van der Waals surface area contributed by atoms with Crippen LogP contribution in [0.4, 0.5) is 0 Å². The van der Waals surface area contributed by atoms with Gasteiger partial charge >= 0.3 is 0 Å². The molecule has 3 rings (SSSR count). The number of carbonyl (C=O) groups is 1. The van der Waals surface area contributed by atoms with Crippen molar-refractivity contribution in [2.45, 2.75) is 6.54 Å². The fraction of sp³-hybridized carbons (Fsp3) is 0.167. The van der Waals surface area contributed by atoms with Gasteiger partial charge in [0, 0.05) is 23.5 Å². The summed E-state index contributed by atoms with van der Waals surface area (Å²) in [6.45, 7) is 0.439. The van der Waals surface area contributed by atoms with Gasteiger partial charge in [0.1, 0.15) is 17.2 Å². The molecule has 0 aliphatic carbocycles. The van der Waals surface area contributed by atoms with Crippen LogP contribution in [0.2, 0.25) is 0 Å². The number of amides is 1. The van der Waals surface area contributed by atoms with E-state index in [0.29, 0.717) is 12.2 Å².